The van der Waals surface area contributed by atoms with Gasteiger partial charge in [-0.1, -0.05) is 93.9 Å². The SMILES string of the molecule is CCN(CC)[P@](/C=C1\N(C)c2ccccc2C1(C)C)(=Nc1ccc(C)cc1C)c1ccccc1. The largest absolute Gasteiger partial charge is 0.347 e. The van der Waals surface area contributed by atoms with Crippen LogP contribution in [0.1, 0.15) is 44.4 Å². The number of anilines is 1. The van der Waals surface area contributed by atoms with Gasteiger partial charge in [0.05, 0.1) is 12.9 Å². The lowest BCUT2D eigenvalue weighted by molar-refractivity contribution is 0.508. The fraction of sp³-hybridized carbons (Fsp3) is 0.333. The number of hydrogen-bond acceptors (Lipinski definition) is 2. The molecule has 0 saturated heterocycles. The molecule has 3 aromatic rings. The van der Waals surface area contributed by atoms with E-state index >= 15 is 0 Å². The van der Waals surface area contributed by atoms with Crippen LogP contribution < -0.4 is 10.2 Å². The maximum absolute atomic E-state index is 5.70. The summed E-state index contributed by atoms with van der Waals surface area (Å²) in [6, 6.07) is 26.4. The Hall–Kier alpha value is -2.61. The van der Waals surface area contributed by atoms with E-state index in [0.717, 1.165) is 18.8 Å². The molecule has 0 aromatic heterocycles. The molecule has 0 aliphatic carbocycles. The van der Waals surface area contributed by atoms with Gasteiger partial charge in [-0.25, -0.2) is 4.74 Å². The monoisotopic (exact) mass is 471 g/mol. The van der Waals surface area contributed by atoms with Crippen LogP contribution in [-0.4, -0.2) is 24.8 Å². The van der Waals surface area contributed by atoms with Gasteiger partial charge in [0.25, 0.3) is 0 Å². The Kier molecular flexibility index (Phi) is 6.90. The van der Waals surface area contributed by atoms with Gasteiger partial charge < -0.3 is 4.90 Å². The van der Waals surface area contributed by atoms with Gasteiger partial charge in [0.15, 0.2) is 0 Å². The van der Waals surface area contributed by atoms with Gasteiger partial charge in [-0.3, -0.25) is 4.67 Å². The molecule has 0 fully saturated rings. The first-order chi connectivity index (χ1) is 16.2. The minimum atomic E-state index is -2.26. The third-order valence-corrected chi connectivity index (χ3v) is 10.8. The van der Waals surface area contributed by atoms with Crippen LogP contribution in [-0.2, 0) is 5.41 Å². The molecule has 0 unspecified atom stereocenters. The fourth-order valence-electron chi connectivity index (χ4n) is 5.25. The molecule has 1 atom stereocenters. The normalized spacial score (nSPS) is 17.6. The molecule has 4 rings (SSSR count). The number of likely N-dealkylation sites (N-methyl/N-ethyl adjacent to an activating group) is 1. The minimum Gasteiger partial charge on any atom is -0.347 e. The Morgan fingerprint density at radius 2 is 1.56 bits per heavy atom. The average Bonchev–Trinajstić information content (AvgIpc) is 3.02. The van der Waals surface area contributed by atoms with Crippen LogP contribution in [0.4, 0.5) is 11.4 Å². The lowest BCUT2D eigenvalue weighted by Gasteiger charge is -2.36. The van der Waals surface area contributed by atoms with Crippen LogP contribution in [0.2, 0.25) is 0 Å². The second-order valence-electron chi connectivity index (χ2n) is 9.73. The molecule has 3 aromatic carbocycles. The van der Waals surface area contributed by atoms with E-state index in [-0.39, 0.29) is 5.41 Å². The standard InChI is InChI=1S/C30H38N3P/c1-8-33(9-2)34(25-15-11-10-12-16-25,31-27-20-19-23(3)21-24(27)4)22-29-30(5,6)26-17-13-14-18-28(26)32(29)7/h10-22H,8-9H2,1-7H3/b29-22-/t34-/m0/s1. The lowest BCUT2D eigenvalue weighted by atomic mass is 9.84. The van der Waals surface area contributed by atoms with Crippen LogP contribution in [0.25, 0.3) is 0 Å². The highest BCUT2D eigenvalue weighted by Gasteiger charge is 2.40. The van der Waals surface area contributed by atoms with E-state index in [9.17, 15) is 0 Å². The summed E-state index contributed by atoms with van der Waals surface area (Å²) in [4.78, 5) is 2.38. The summed E-state index contributed by atoms with van der Waals surface area (Å²) >= 11 is 0. The van der Waals surface area contributed by atoms with E-state index in [0.29, 0.717) is 0 Å². The van der Waals surface area contributed by atoms with E-state index in [2.05, 4.69) is 137 Å². The number of nitrogens with zero attached hydrogens (tertiary/aromatic N) is 3. The van der Waals surface area contributed by atoms with Crippen LogP contribution >= 0.6 is 7.21 Å². The lowest BCUT2D eigenvalue weighted by Crippen LogP contribution is -2.28. The maximum Gasteiger partial charge on any atom is 0.0897 e. The molecule has 0 saturated carbocycles. The number of fused-ring (bicyclic) bond motifs is 1. The Morgan fingerprint density at radius 1 is 0.912 bits per heavy atom. The number of rotatable bonds is 6. The first-order valence-electron chi connectivity index (χ1n) is 12.3. The van der Waals surface area contributed by atoms with Crippen molar-refractivity contribution < 1.29 is 0 Å². The van der Waals surface area contributed by atoms with Gasteiger partial charge >= 0.3 is 0 Å². The summed E-state index contributed by atoms with van der Waals surface area (Å²) in [5.41, 5.74) is 7.48. The number of hydrogen-bond donors (Lipinski definition) is 0. The van der Waals surface area contributed by atoms with Gasteiger partial charge in [-0.15, -0.1) is 0 Å². The van der Waals surface area contributed by atoms with Gasteiger partial charge in [0, 0.05) is 42.2 Å². The molecule has 178 valence electrons. The molecule has 0 bridgehead atoms. The van der Waals surface area contributed by atoms with Gasteiger partial charge in [0.2, 0.25) is 0 Å². The van der Waals surface area contributed by atoms with E-state index in [1.54, 1.807) is 0 Å². The molecule has 1 aliphatic heterocycles. The topological polar surface area (TPSA) is 18.8 Å². The molecule has 34 heavy (non-hydrogen) atoms. The van der Waals surface area contributed by atoms with Crippen molar-refractivity contribution in [3.05, 3.63) is 101 Å². The Labute approximate surface area is 206 Å². The molecule has 0 N–H and O–H groups in total. The van der Waals surface area contributed by atoms with Crippen LogP contribution in [0, 0.1) is 13.8 Å². The van der Waals surface area contributed by atoms with E-state index in [1.807, 2.05) is 0 Å². The van der Waals surface area contributed by atoms with E-state index in [4.69, 9.17) is 4.74 Å². The fourth-order valence-corrected chi connectivity index (χ4v) is 9.06. The van der Waals surface area contributed by atoms with Crippen molar-refractivity contribution in [1.82, 2.24) is 4.67 Å². The summed E-state index contributed by atoms with van der Waals surface area (Å²) in [6.07, 6.45) is 0. The summed E-state index contributed by atoms with van der Waals surface area (Å²) in [6.45, 7) is 15.4. The van der Waals surface area contributed by atoms with Crippen molar-refractivity contribution in [2.24, 2.45) is 4.74 Å². The minimum absolute atomic E-state index is 0.101. The maximum atomic E-state index is 5.70. The predicted octanol–water partition coefficient (Wildman–Crippen LogP) is 7.99. The van der Waals surface area contributed by atoms with Gasteiger partial charge in [-0.2, -0.15) is 0 Å². The third kappa shape index (κ3) is 4.17. The molecule has 1 heterocycles. The zero-order valence-electron chi connectivity index (χ0n) is 21.7. The highest BCUT2D eigenvalue weighted by Crippen LogP contribution is 2.60. The molecule has 1 aliphatic rings. The number of benzene rings is 3. The van der Waals surface area contributed by atoms with Crippen molar-refractivity contribution in [3.63, 3.8) is 0 Å². The van der Waals surface area contributed by atoms with Crippen LogP contribution in [0.15, 0.2) is 89.1 Å². The van der Waals surface area contributed by atoms with Crippen molar-refractivity contribution in [3.8, 4) is 0 Å². The summed E-state index contributed by atoms with van der Waals surface area (Å²) in [7, 11) is -0.0561. The number of allylic oxidation sites excluding steroid dienone is 1. The Balaban J connectivity index is 2.09. The van der Waals surface area contributed by atoms with E-state index < -0.39 is 7.21 Å². The quantitative estimate of drug-likeness (QED) is 0.339. The van der Waals surface area contributed by atoms with Crippen LogP contribution in [0.5, 0.6) is 0 Å². The summed E-state index contributed by atoms with van der Waals surface area (Å²) in [5.74, 6) is 2.54. The van der Waals surface area contributed by atoms with Gasteiger partial charge in [-0.05, 0) is 42.9 Å². The average molecular weight is 472 g/mol. The molecule has 0 amide bonds. The first kappa shape index (κ1) is 24.5. The van der Waals surface area contributed by atoms with Crippen molar-refractivity contribution in [2.75, 3.05) is 25.0 Å². The molecule has 0 radical (unpaired) electrons. The van der Waals surface area contributed by atoms with Crippen molar-refractivity contribution in [1.29, 1.82) is 0 Å². The van der Waals surface area contributed by atoms with Crippen LogP contribution in [0.3, 0.4) is 0 Å². The summed E-state index contributed by atoms with van der Waals surface area (Å²) in [5, 5.41) is 1.30. The smallest absolute Gasteiger partial charge is 0.0897 e. The third-order valence-electron chi connectivity index (χ3n) is 7.15. The molecule has 4 heteroatoms. The Morgan fingerprint density at radius 3 is 2.18 bits per heavy atom. The predicted molar refractivity (Wildman–Crippen MR) is 150 cm³/mol. The second-order valence-corrected chi connectivity index (χ2v) is 12.6. The summed E-state index contributed by atoms with van der Waals surface area (Å²) < 4.78 is 8.29. The van der Waals surface area contributed by atoms with Crippen molar-refractivity contribution >= 4 is 23.9 Å². The molecular formula is C30H38N3P. The Bertz CT molecular complexity index is 1250. The highest BCUT2D eigenvalue weighted by atomic mass is 31.2. The molecule has 0 spiro atoms. The van der Waals surface area contributed by atoms with Gasteiger partial charge in [0.1, 0.15) is 0 Å². The second kappa shape index (κ2) is 9.56. The molecular weight excluding hydrogens is 433 g/mol. The zero-order chi connectivity index (χ0) is 24.5. The van der Waals surface area contributed by atoms with E-state index in [1.165, 1.54) is 33.4 Å². The number of para-hydroxylation sites is 1. The zero-order valence-corrected chi connectivity index (χ0v) is 22.6. The highest BCUT2D eigenvalue weighted by molar-refractivity contribution is 7.74. The number of aryl methyl sites for hydroxylation is 2. The first-order valence-corrected chi connectivity index (χ1v) is 14.1. The van der Waals surface area contributed by atoms with Crippen molar-refractivity contribution in [2.45, 2.75) is 47.0 Å². The molecule has 3 nitrogen and oxygen atoms in total.